The second-order valence-corrected chi connectivity index (χ2v) is 8.51. The molecule has 0 bridgehead atoms. The van der Waals surface area contributed by atoms with Gasteiger partial charge in [0.25, 0.3) is 0 Å². The van der Waals surface area contributed by atoms with Crippen molar-refractivity contribution in [3.63, 3.8) is 0 Å². The van der Waals surface area contributed by atoms with Crippen LogP contribution in [0.25, 0.3) is 0 Å². The Labute approximate surface area is 182 Å². The highest BCUT2D eigenvalue weighted by Gasteiger charge is 2.34. The van der Waals surface area contributed by atoms with E-state index in [1.54, 1.807) is 12.1 Å². The zero-order valence-corrected chi connectivity index (χ0v) is 17.5. The summed E-state index contributed by atoms with van der Waals surface area (Å²) in [5.74, 6) is 0.105. The molecule has 1 aromatic carbocycles. The normalized spacial score (nSPS) is 20.4. The summed E-state index contributed by atoms with van der Waals surface area (Å²) >= 11 is 5.75. The second-order valence-electron chi connectivity index (χ2n) is 8.11. The number of hydrogen-bond acceptors (Lipinski definition) is 3. The zero-order chi connectivity index (χ0) is 22.2. The van der Waals surface area contributed by atoms with Crippen LogP contribution in [0, 0.1) is 11.7 Å². The third-order valence-corrected chi connectivity index (χ3v) is 6.46. The lowest BCUT2D eigenvalue weighted by molar-refractivity contribution is -0.138. The first-order valence-corrected chi connectivity index (χ1v) is 10.6. The molecule has 166 valence electrons. The molecular formula is C22H22ClF4N3O. The molecule has 3 heterocycles. The number of alkyl halides is 3. The van der Waals surface area contributed by atoms with Gasteiger partial charge in [0.1, 0.15) is 11.6 Å². The maximum absolute atomic E-state index is 13.8. The number of carbonyl (C=O) groups excluding carboxylic acids is 1. The Morgan fingerprint density at radius 2 is 1.81 bits per heavy atom. The van der Waals surface area contributed by atoms with Crippen molar-refractivity contribution < 1.29 is 22.4 Å². The van der Waals surface area contributed by atoms with Crippen molar-refractivity contribution in [2.75, 3.05) is 31.1 Å². The van der Waals surface area contributed by atoms with Crippen LogP contribution in [0.15, 0.2) is 36.5 Å². The molecule has 2 aromatic rings. The predicted molar refractivity (Wildman–Crippen MR) is 110 cm³/mol. The van der Waals surface area contributed by atoms with Crippen LogP contribution in [0.5, 0.6) is 0 Å². The third-order valence-electron chi connectivity index (χ3n) is 6.16. The summed E-state index contributed by atoms with van der Waals surface area (Å²) in [5, 5.41) is 0.0870. The second kappa shape index (κ2) is 8.65. The Bertz CT molecular complexity index is 943. The van der Waals surface area contributed by atoms with E-state index in [-0.39, 0.29) is 22.8 Å². The molecule has 0 N–H and O–H groups in total. The Morgan fingerprint density at radius 3 is 2.42 bits per heavy atom. The van der Waals surface area contributed by atoms with E-state index in [0.717, 1.165) is 24.2 Å². The lowest BCUT2D eigenvalue weighted by Crippen LogP contribution is -2.42. The van der Waals surface area contributed by atoms with E-state index in [0.29, 0.717) is 44.8 Å². The number of nitrogens with zero attached hydrogens (tertiary/aromatic N) is 3. The number of rotatable bonds is 3. The van der Waals surface area contributed by atoms with Crippen LogP contribution in [-0.4, -0.2) is 42.0 Å². The molecule has 9 heteroatoms. The van der Waals surface area contributed by atoms with Crippen LogP contribution in [0.3, 0.4) is 0 Å². The fraction of sp³-hybridized carbons (Fsp3) is 0.455. The van der Waals surface area contributed by atoms with Crippen molar-refractivity contribution in [2.45, 2.75) is 31.4 Å². The number of benzene rings is 1. The van der Waals surface area contributed by atoms with Gasteiger partial charge in [0.15, 0.2) is 0 Å². The fourth-order valence-corrected chi connectivity index (χ4v) is 4.47. The number of hydrogen-bond donors (Lipinski definition) is 0. The molecule has 1 amide bonds. The van der Waals surface area contributed by atoms with E-state index in [9.17, 15) is 22.4 Å². The van der Waals surface area contributed by atoms with E-state index in [1.165, 1.54) is 12.1 Å². The number of carbonyl (C=O) groups is 1. The highest BCUT2D eigenvalue weighted by molar-refractivity contribution is 6.30. The van der Waals surface area contributed by atoms with Gasteiger partial charge < -0.3 is 9.80 Å². The van der Waals surface area contributed by atoms with Crippen molar-refractivity contribution in [3.05, 3.63) is 58.5 Å². The summed E-state index contributed by atoms with van der Waals surface area (Å²) in [6.07, 6.45) is -1.54. The number of amides is 1. The van der Waals surface area contributed by atoms with Gasteiger partial charge in [-0.1, -0.05) is 17.7 Å². The largest absolute Gasteiger partial charge is 0.417 e. The van der Waals surface area contributed by atoms with Crippen LogP contribution < -0.4 is 4.90 Å². The molecule has 0 saturated carbocycles. The fourth-order valence-electron chi connectivity index (χ4n) is 4.35. The standard InChI is InChI=1S/C22H22ClF4N3O/c23-18-3-1-15(11-19(18)24)16-7-10-30(13-16)21(31)14-5-8-29(9-6-14)20-4-2-17(12-28-20)22(25,26)27/h1-4,11-12,14,16H,5-10,13H2. The Balaban J connectivity index is 1.32. The number of aromatic nitrogens is 1. The van der Waals surface area contributed by atoms with Crippen molar-refractivity contribution in [2.24, 2.45) is 5.92 Å². The molecule has 0 radical (unpaired) electrons. The first kappa shape index (κ1) is 21.9. The number of piperidine rings is 1. The molecule has 0 aliphatic carbocycles. The van der Waals surface area contributed by atoms with E-state index in [2.05, 4.69) is 4.98 Å². The minimum atomic E-state index is -4.41. The lowest BCUT2D eigenvalue weighted by Gasteiger charge is -2.34. The van der Waals surface area contributed by atoms with Gasteiger partial charge in [-0.3, -0.25) is 4.79 Å². The molecule has 1 aromatic heterocycles. The Kier molecular flexibility index (Phi) is 6.10. The highest BCUT2D eigenvalue weighted by atomic mass is 35.5. The average Bonchev–Trinajstić information content (AvgIpc) is 3.25. The number of pyridine rings is 1. The molecule has 0 spiro atoms. The van der Waals surface area contributed by atoms with Crippen molar-refractivity contribution >= 4 is 23.3 Å². The van der Waals surface area contributed by atoms with Crippen LogP contribution in [-0.2, 0) is 11.0 Å². The monoisotopic (exact) mass is 455 g/mol. The minimum Gasteiger partial charge on any atom is -0.357 e. The van der Waals surface area contributed by atoms with E-state index < -0.39 is 17.6 Å². The summed E-state index contributed by atoms with van der Waals surface area (Å²) in [4.78, 5) is 20.7. The van der Waals surface area contributed by atoms with Gasteiger partial charge in [-0.15, -0.1) is 0 Å². The van der Waals surface area contributed by atoms with Crippen LogP contribution in [0.2, 0.25) is 5.02 Å². The van der Waals surface area contributed by atoms with Gasteiger partial charge in [0.05, 0.1) is 10.6 Å². The topological polar surface area (TPSA) is 36.4 Å². The SMILES string of the molecule is O=C(C1CCN(c2ccc(C(F)(F)F)cn2)CC1)N1CCC(c2ccc(Cl)c(F)c2)C1. The number of likely N-dealkylation sites (tertiary alicyclic amines) is 1. The van der Waals surface area contributed by atoms with Gasteiger partial charge in [0, 0.05) is 44.2 Å². The molecule has 4 nitrogen and oxygen atoms in total. The lowest BCUT2D eigenvalue weighted by atomic mass is 9.95. The van der Waals surface area contributed by atoms with E-state index in [1.807, 2.05) is 9.80 Å². The molecule has 2 fully saturated rings. The van der Waals surface area contributed by atoms with Crippen LogP contribution in [0.4, 0.5) is 23.4 Å². The van der Waals surface area contributed by atoms with Gasteiger partial charge in [-0.25, -0.2) is 9.37 Å². The summed E-state index contributed by atoms with van der Waals surface area (Å²) in [5.41, 5.74) is 0.0749. The van der Waals surface area contributed by atoms with E-state index in [4.69, 9.17) is 11.6 Å². The summed E-state index contributed by atoms with van der Waals surface area (Å²) in [6.45, 7) is 2.32. The van der Waals surface area contributed by atoms with Crippen molar-refractivity contribution in [1.29, 1.82) is 0 Å². The van der Waals surface area contributed by atoms with Crippen molar-refractivity contribution in [1.82, 2.24) is 9.88 Å². The molecule has 1 unspecified atom stereocenters. The molecule has 2 saturated heterocycles. The maximum atomic E-state index is 13.8. The first-order chi connectivity index (χ1) is 14.7. The minimum absolute atomic E-state index is 0.0870. The third kappa shape index (κ3) is 4.79. The summed E-state index contributed by atoms with van der Waals surface area (Å²) < 4.78 is 51.9. The molecule has 31 heavy (non-hydrogen) atoms. The van der Waals surface area contributed by atoms with Crippen LogP contribution in [0.1, 0.15) is 36.3 Å². The van der Waals surface area contributed by atoms with Crippen LogP contribution >= 0.6 is 11.6 Å². The number of anilines is 1. The van der Waals surface area contributed by atoms with Crippen molar-refractivity contribution in [3.8, 4) is 0 Å². The molecule has 4 rings (SSSR count). The quantitative estimate of drug-likeness (QED) is 0.602. The maximum Gasteiger partial charge on any atom is 0.417 e. The van der Waals surface area contributed by atoms with Gasteiger partial charge in [0.2, 0.25) is 5.91 Å². The Hall–Kier alpha value is -2.35. The Morgan fingerprint density at radius 1 is 1.06 bits per heavy atom. The smallest absolute Gasteiger partial charge is 0.357 e. The van der Waals surface area contributed by atoms with Gasteiger partial charge >= 0.3 is 6.18 Å². The molecule has 2 aliphatic rings. The molecule has 1 atom stereocenters. The highest BCUT2D eigenvalue weighted by Crippen LogP contribution is 2.33. The van der Waals surface area contributed by atoms with Gasteiger partial charge in [-0.05, 0) is 49.1 Å². The van der Waals surface area contributed by atoms with E-state index >= 15 is 0 Å². The van der Waals surface area contributed by atoms with Gasteiger partial charge in [-0.2, -0.15) is 13.2 Å². The zero-order valence-electron chi connectivity index (χ0n) is 16.7. The predicted octanol–water partition coefficient (Wildman–Crippen LogP) is 5.13. The number of halogens is 5. The molecule has 2 aliphatic heterocycles. The summed E-state index contributed by atoms with van der Waals surface area (Å²) in [6, 6.07) is 7.20. The average molecular weight is 456 g/mol. The molecular weight excluding hydrogens is 434 g/mol. The first-order valence-electron chi connectivity index (χ1n) is 10.2. The summed E-state index contributed by atoms with van der Waals surface area (Å²) in [7, 11) is 0.